The Balaban J connectivity index is 2.60. The highest BCUT2D eigenvalue weighted by Gasteiger charge is 2.08. The third-order valence-corrected chi connectivity index (χ3v) is 3.90. The quantitative estimate of drug-likeness (QED) is 0.620. The summed E-state index contributed by atoms with van der Waals surface area (Å²) in [5.74, 6) is 0. The van der Waals surface area contributed by atoms with E-state index >= 15 is 0 Å². The van der Waals surface area contributed by atoms with E-state index < -0.39 is 0 Å². The number of benzene rings is 2. The molecule has 0 fully saturated rings. The van der Waals surface area contributed by atoms with E-state index in [0.717, 1.165) is 0 Å². The molecule has 0 spiro atoms. The Hall–Kier alpha value is -1.30. The van der Waals surface area contributed by atoms with Gasteiger partial charge in [0.25, 0.3) is 0 Å². The van der Waals surface area contributed by atoms with Crippen LogP contribution in [0.4, 0.5) is 0 Å². The Labute approximate surface area is 117 Å². The third kappa shape index (κ3) is 3.00. The summed E-state index contributed by atoms with van der Waals surface area (Å²) >= 11 is 0. The normalized spacial score (nSPS) is 11.1. The van der Waals surface area contributed by atoms with Crippen LogP contribution >= 0.6 is 0 Å². The minimum Gasteiger partial charge on any atom is -0.0651 e. The molecule has 0 unspecified atom stereocenters. The molecule has 0 nitrogen and oxygen atoms in total. The fourth-order valence-electron chi connectivity index (χ4n) is 3.07. The number of aryl methyl sites for hydroxylation is 3. The summed E-state index contributed by atoms with van der Waals surface area (Å²) in [6.07, 6.45) is 7.30. The lowest BCUT2D eigenvalue weighted by molar-refractivity contribution is 0.867. The summed E-state index contributed by atoms with van der Waals surface area (Å²) in [6.45, 7) is 6.81. The Morgan fingerprint density at radius 3 is 2.00 bits per heavy atom. The predicted octanol–water partition coefficient (Wildman–Crippen LogP) is 5.70. The molecule has 0 saturated heterocycles. The summed E-state index contributed by atoms with van der Waals surface area (Å²) in [5, 5.41) is 2.98. The molecule has 2 aromatic rings. The minimum absolute atomic E-state index is 1.19. The zero-order chi connectivity index (χ0) is 13.7. The van der Waals surface area contributed by atoms with Gasteiger partial charge in [-0.2, -0.15) is 0 Å². The van der Waals surface area contributed by atoms with Crippen molar-refractivity contribution in [3.8, 4) is 0 Å². The topological polar surface area (TPSA) is 0 Å². The molecule has 0 aliphatic heterocycles. The van der Waals surface area contributed by atoms with Gasteiger partial charge in [0.15, 0.2) is 0 Å². The summed E-state index contributed by atoms with van der Waals surface area (Å²) in [6, 6.07) is 11.6. The molecule has 2 rings (SSSR count). The van der Waals surface area contributed by atoms with Crippen molar-refractivity contribution in [2.45, 2.75) is 59.3 Å². The van der Waals surface area contributed by atoms with Gasteiger partial charge in [-0.15, -0.1) is 0 Å². The Kier molecular flexibility index (Phi) is 5.01. The van der Waals surface area contributed by atoms with Crippen molar-refractivity contribution in [3.63, 3.8) is 0 Å². The van der Waals surface area contributed by atoms with Crippen LogP contribution in [-0.2, 0) is 19.3 Å². The van der Waals surface area contributed by atoms with Crippen LogP contribution in [0.1, 0.15) is 56.7 Å². The van der Waals surface area contributed by atoms with Gasteiger partial charge in [0.2, 0.25) is 0 Å². The van der Waals surface area contributed by atoms with Crippen LogP contribution in [-0.4, -0.2) is 0 Å². The van der Waals surface area contributed by atoms with E-state index in [1.807, 2.05) is 0 Å². The van der Waals surface area contributed by atoms with E-state index in [-0.39, 0.29) is 0 Å². The van der Waals surface area contributed by atoms with Crippen molar-refractivity contribution in [2.75, 3.05) is 0 Å². The van der Waals surface area contributed by atoms with Gasteiger partial charge in [-0.05, 0) is 46.7 Å². The molecule has 0 heteroatoms. The van der Waals surface area contributed by atoms with Crippen LogP contribution < -0.4 is 0 Å². The molecule has 2 aromatic carbocycles. The second kappa shape index (κ2) is 6.75. The van der Waals surface area contributed by atoms with Gasteiger partial charge in [0.05, 0.1) is 0 Å². The summed E-state index contributed by atoms with van der Waals surface area (Å²) in [5.41, 5.74) is 4.67. The highest BCUT2D eigenvalue weighted by molar-refractivity contribution is 5.89. The van der Waals surface area contributed by atoms with Gasteiger partial charge in [-0.1, -0.05) is 70.4 Å². The molecular formula is C19H26. The number of hydrogen-bond acceptors (Lipinski definition) is 0. The molecule has 102 valence electrons. The summed E-state index contributed by atoms with van der Waals surface area (Å²) in [7, 11) is 0. The molecule has 0 amide bonds. The lowest BCUT2D eigenvalue weighted by Gasteiger charge is -2.14. The molecule has 0 saturated carbocycles. The molecular weight excluding hydrogens is 228 g/mol. The molecule has 0 heterocycles. The first-order valence-electron chi connectivity index (χ1n) is 7.84. The van der Waals surface area contributed by atoms with Crippen molar-refractivity contribution in [3.05, 3.63) is 47.0 Å². The SMILES string of the molecule is CCCc1ccc2c(CCC)cccc2c1CCC. The van der Waals surface area contributed by atoms with Gasteiger partial charge in [-0.25, -0.2) is 0 Å². The lowest BCUT2D eigenvalue weighted by Crippen LogP contribution is -1.97. The standard InChI is InChI=1S/C19H26/c1-4-8-15-11-7-12-19-17(10-6-3)16(9-5-2)13-14-18(15)19/h7,11-14H,4-6,8-10H2,1-3H3. The maximum absolute atomic E-state index is 2.37. The maximum Gasteiger partial charge on any atom is -0.0146 e. The van der Waals surface area contributed by atoms with E-state index in [9.17, 15) is 0 Å². The molecule has 19 heavy (non-hydrogen) atoms. The highest BCUT2D eigenvalue weighted by atomic mass is 14.1. The van der Waals surface area contributed by atoms with Crippen LogP contribution in [0.5, 0.6) is 0 Å². The molecule has 0 radical (unpaired) electrons. The lowest BCUT2D eigenvalue weighted by atomic mass is 9.91. The summed E-state index contributed by atoms with van der Waals surface area (Å²) < 4.78 is 0. The van der Waals surface area contributed by atoms with E-state index in [0.29, 0.717) is 0 Å². The van der Waals surface area contributed by atoms with Crippen LogP contribution in [0, 0.1) is 0 Å². The van der Waals surface area contributed by atoms with Gasteiger partial charge < -0.3 is 0 Å². The largest absolute Gasteiger partial charge is 0.0651 e. The number of rotatable bonds is 6. The second-order valence-electron chi connectivity index (χ2n) is 5.47. The molecule has 0 atom stereocenters. The Morgan fingerprint density at radius 2 is 1.32 bits per heavy atom. The first-order chi connectivity index (χ1) is 9.31. The molecule has 0 aliphatic rings. The fourth-order valence-corrected chi connectivity index (χ4v) is 3.07. The molecule has 0 bridgehead atoms. The average Bonchev–Trinajstić information content (AvgIpc) is 2.42. The Morgan fingerprint density at radius 1 is 0.632 bits per heavy atom. The summed E-state index contributed by atoms with van der Waals surface area (Å²) in [4.78, 5) is 0. The third-order valence-electron chi connectivity index (χ3n) is 3.90. The van der Waals surface area contributed by atoms with Crippen molar-refractivity contribution >= 4 is 10.8 Å². The smallest absolute Gasteiger partial charge is 0.0146 e. The molecule has 0 N–H and O–H groups in total. The molecule has 0 aliphatic carbocycles. The van der Waals surface area contributed by atoms with Crippen LogP contribution in [0.25, 0.3) is 10.8 Å². The van der Waals surface area contributed by atoms with Crippen molar-refractivity contribution in [1.29, 1.82) is 0 Å². The highest BCUT2D eigenvalue weighted by Crippen LogP contribution is 2.28. The van der Waals surface area contributed by atoms with Crippen molar-refractivity contribution in [1.82, 2.24) is 0 Å². The molecule has 0 aromatic heterocycles. The van der Waals surface area contributed by atoms with Gasteiger partial charge in [0.1, 0.15) is 0 Å². The van der Waals surface area contributed by atoms with Gasteiger partial charge >= 0.3 is 0 Å². The van der Waals surface area contributed by atoms with Crippen molar-refractivity contribution < 1.29 is 0 Å². The van der Waals surface area contributed by atoms with Crippen LogP contribution in [0.2, 0.25) is 0 Å². The number of fused-ring (bicyclic) bond motifs is 1. The first kappa shape index (κ1) is 14.1. The van der Waals surface area contributed by atoms with Crippen molar-refractivity contribution in [2.24, 2.45) is 0 Å². The second-order valence-corrected chi connectivity index (χ2v) is 5.47. The van der Waals surface area contributed by atoms with Gasteiger partial charge in [-0.3, -0.25) is 0 Å². The van der Waals surface area contributed by atoms with E-state index in [4.69, 9.17) is 0 Å². The first-order valence-corrected chi connectivity index (χ1v) is 7.84. The monoisotopic (exact) mass is 254 g/mol. The van der Waals surface area contributed by atoms with E-state index in [1.165, 1.54) is 54.9 Å². The minimum atomic E-state index is 1.19. The zero-order valence-electron chi connectivity index (χ0n) is 12.6. The maximum atomic E-state index is 2.37. The van der Waals surface area contributed by atoms with Crippen LogP contribution in [0.3, 0.4) is 0 Å². The van der Waals surface area contributed by atoms with Crippen LogP contribution in [0.15, 0.2) is 30.3 Å². The van der Waals surface area contributed by atoms with E-state index in [2.05, 4.69) is 51.1 Å². The Bertz CT molecular complexity index is 537. The van der Waals surface area contributed by atoms with E-state index in [1.54, 1.807) is 11.1 Å². The number of hydrogen-bond donors (Lipinski definition) is 0. The van der Waals surface area contributed by atoms with Gasteiger partial charge in [0, 0.05) is 0 Å². The predicted molar refractivity (Wildman–Crippen MR) is 85.9 cm³/mol. The fraction of sp³-hybridized carbons (Fsp3) is 0.474. The zero-order valence-corrected chi connectivity index (χ0v) is 12.6. The average molecular weight is 254 g/mol.